The van der Waals surface area contributed by atoms with Crippen molar-refractivity contribution in [3.8, 4) is 0 Å². The lowest BCUT2D eigenvalue weighted by molar-refractivity contribution is 0.00150. The first-order valence-electron chi connectivity index (χ1n) is 25.5. The molecule has 2 aliphatic rings. The second-order valence-electron chi connectivity index (χ2n) is 17.2. The topological polar surface area (TPSA) is 79.9 Å². The molecule has 0 atom stereocenters. The largest absolute Gasteiger partial charge is 0.379 e. The zero-order valence-corrected chi connectivity index (χ0v) is 38.3. The van der Waals surface area contributed by atoms with Gasteiger partial charge in [-0.05, 0) is 25.7 Å². The SMILES string of the molecule is C1CCCCCCCCCCCCCCC(N2CCOCCOCCCCOCCOCCNCCOCCOCCOCC2)CCCCCCCCCCCCC1. The molecule has 2 rings (SSSR count). The molecule has 0 spiro atoms. The maximum absolute atomic E-state index is 6.16. The van der Waals surface area contributed by atoms with Gasteiger partial charge in [-0.1, -0.05) is 167 Å². The Labute approximate surface area is 359 Å². The van der Waals surface area contributed by atoms with Gasteiger partial charge in [0.2, 0.25) is 0 Å². The number of hydrogen-bond acceptors (Lipinski definition) is 9. The van der Waals surface area contributed by atoms with Crippen molar-refractivity contribution >= 4 is 0 Å². The van der Waals surface area contributed by atoms with Gasteiger partial charge >= 0.3 is 0 Å². The van der Waals surface area contributed by atoms with Gasteiger partial charge in [0.05, 0.1) is 79.3 Å². The predicted octanol–water partition coefficient (Wildman–Crippen LogP) is 11.1. The van der Waals surface area contributed by atoms with E-state index in [1.807, 2.05) is 0 Å². The summed E-state index contributed by atoms with van der Waals surface area (Å²) < 4.78 is 41.1. The summed E-state index contributed by atoms with van der Waals surface area (Å²) in [5.41, 5.74) is 0. The Morgan fingerprint density at radius 2 is 0.483 bits per heavy atom. The molecule has 1 N–H and O–H groups in total. The minimum absolute atomic E-state index is 0.598. The Balaban J connectivity index is 1.84. The quantitative estimate of drug-likeness (QED) is 0.278. The first-order chi connectivity index (χ1) is 29.0. The summed E-state index contributed by atoms with van der Waals surface area (Å²) in [6.45, 7) is 12.9. The summed E-state index contributed by atoms with van der Waals surface area (Å²) in [5.74, 6) is 0. The summed E-state index contributed by atoms with van der Waals surface area (Å²) in [7, 11) is 0. The Kier molecular flexibility index (Phi) is 42.8. The molecule has 2 fully saturated rings. The van der Waals surface area contributed by atoms with E-state index < -0.39 is 0 Å². The van der Waals surface area contributed by atoms with Crippen LogP contribution in [0.25, 0.3) is 0 Å². The Morgan fingerprint density at radius 3 is 0.793 bits per heavy atom. The minimum Gasteiger partial charge on any atom is -0.379 e. The molecule has 0 bridgehead atoms. The van der Waals surface area contributed by atoms with Crippen molar-refractivity contribution in [3.05, 3.63) is 0 Å². The highest BCUT2D eigenvalue weighted by molar-refractivity contribution is 4.73. The van der Waals surface area contributed by atoms with Crippen LogP contribution in [0.15, 0.2) is 0 Å². The third kappa shape index (κ3) is 38.6. The number of rotatable bonds is 1. The van der Waals surface area contributed by atoms with E-state index >= 15 is 0 Å². The smallest absolute Gasteiger partial charge is 0.0701 e. The molecule has 0 amide bonds. The van der Waals surface area contributed by atoms with Crippen LogP contribution in [0.2, 0.25) is 0 Å². The van der Waals surface area contributed by atoms with Crippen molar-refractivity contribution in [1.29, 1.82) is 0 Å². The fraction of sp³-hybridized carbons (Fsp3) is 1.00. The average molecular weight is 827 g/mol. The Bertz CT molecular complexity index is 659. The summed E-state index contributed by atoms with van der Waals surface area (Å²) in [6, 6.07) is 0.598. The van der Waals surface area contributed by atoms with E-state index in [4.69, 9.17) is 33.2 Å². The van der Waals surface area contributed by atoms with E-state index in [0.29, 0.717) is 72.1 Å². The zero-order valence-electron chi connectivity index (χ0n) is 38.3. The van der Waals surface area contributed by atoms with Crippen LogP contribution >= 0.6 is 0 Å². The molecule has 0 unspecified atom stereocenters. The molecule has 0 radical (unpaired) electrons. The highest BCUT2D eigenvalue weighted by atomic mass is 16.5. The molecule has 1 aliphatic heterocycles. The van der Waals surface area contributed by atoms with Crippen molar-refractivity contribution in [3.63, 3.8) is 0 Å². The molecule has 0 aromatic carbocycles. The molecular formula is C49H98N2O7. The number of hydrogen-bond donors (Lipinski definition) is 1. The summed E-state index contributed by atoms with van der Waals surface area (Å²) in [6.07, 6.45) is 41.7. The predicted molar refractivity (Wildman–Crippen MR) is 242 cm³/mol. The van der Waals surface area contributed by atoms with Crippen LogP contribution in [0, 0.1) is 0 Å². The van der Waals surface area contributed by atoms with E-state index in [2.05, 4.69) is 10.2 Å². The lowest BCUT2D eigenvalue weighted by Crippen LogP contribution is -2.40. The van der Waals surface area contributed by atoms with Crippen molar-refractivity contribution in [2.45, 2.75) is 199 Å². The minimum atomic E-state index is 0.598. The van der Waals surface area contributed by atoms with Gasteiger partial charge in [-0.3, -0.25) is 4.90 Å². The first-order valence-corrected chi connectivity index (χ1v) is 25.5. The van der Waals surface area contributed by atoms with E-state index in [9.17, 15) is 0 Å². The Hall–Kier alpha value is -0.360. The van der Waals surface area contributed by atoms with Crippen molar-refractivity contribution < 1.29 is 33.2 Å². The van der Waals surface area contributed by atoms with E-state index in [0.717, 1.165) is 65.4 Å². The molecule has 0 aromatic heterocycles. The fourth-order valence-electron chi connectivity index (χ4n) is 8.36. The van der Waals surface area contributed by atoms with Gasteiger partial charge < -0.3 is 38.5 Å². The van der Waals surface area contributed by atoms with Gasteiger partial charge in [0.25, 0.3) is 0 Å². The molecule has 1 saturated heterocycles. The van der Waals surface area contributed by atoms with Gasteiger partial charge in [-0.2, -0.15) is 0 Å². The van der Waals surface area contributed by atoms with Crippen molar-refractivity contribution in [2.75, 3.05) is 119 Å². The van der Waals surface area contributed by atoms with Crippen LogP contribution in [0.1, 0.15) is 193 Å². The molecule has 9 heteroatoms. The normalized spacial score (nSPS) is 25.0. The molecular weight excluding hydrogens is 729 g/mol. The molecule has 1 aliphatic carbocycles. The van der Waals surface area contributed by atoms with Crippen LogP contribution in [0.3, 0.4) is 0 Å². The van der Waals surface area contributed by atoms with Crippen LogP contribution < -0.4 is 5.32 Å². The van der Waals surface area contributed by atoms with E-state index in [-0.39, 0.29) is 0 Å². The number of nitrogens with one attached hydrogen (secondary N) is 1. The van der Waals surface area contributed by atoms with Crippen LogP contribution in [0.5, 0.6) is 0 Å². The second kappa shape index (κ2) is 46.2. The molecule has 58 heavy (non-hydrogen) atoms. The summed E-state index contributed by atoms with van der Waals surface area (Å²) in [5, 5.41) is 3.36. The molecule has 1 heterocycles. The van der Waals surface area contributed by atoms with E-state index in [1.165, 1.54) is 180 Å². The van der Waals surface area contributed by atoms with Crippen LogP contribution in [0.4, 0.5) is 0 Å². The maximum Gasteiger partial charge on any atom is 0.0701 e. The zero-order chi connectivity index (χ0) is 40.8. The second-order valence-corrected chi connectivity index (χ2v) is 17.2. The Morgan fingerprint density at radius 1 is 0.241 bits per heavy atom. The summed E-state index contributed by atoms with van der Waals surface area (Å²) >= 11 is 0. The van der Waals surface area contributed by atoms with Crippen molar-refractivity contribution in [1.82, 2.24) is 10.2 Å². The molecule has 346 valence electrons. The third-order valence-electron chi connectivity index (χ3n) is 12.0. The highest BCUT2D eigenvalue weighted by Gasteiger charge is 2.18. The lowest BCUT2D eigenvalue weighted by Gasteiger charge is -2.32. The van der Waals surface area contributed by atoms with Crippen LogP contribution in [-0.2, 0) is 33.2 Å². The number of nitrogens with zero attached hydrogens (tertiary/aromatic N) is 1. The highest BCUT2D eigenvalue weighted by Crippen LogP contribution is 2.21. The number of ether oxygens (including phenoxy) is 7. The van der Waals surface area contributed by atoms with Gasteiger partial charge in [-0.25, -0.2) is 0 Å². The third-order valence-corrected chi connectivity index (χ3v) is 12.0. The van der Waals surface area contributed by atoms with Gasteiger partial charge in [0.15, 0.2) is 0 Å². The van der Waals surface area contributed by atoms with E-state index in [1.54, 1.807) is 0 Å². The molecule has 1 saturated carbocycles. The summed E-state index contributed by atoms with van der Waals surface area (Å²) in [4.78, 5) is 2.70. The van der Waals surface area contributed by atoms with Crippen molar-refractivity contribution in [2.24, 2.45) is 0 Å². The van der Waals surface area contributed by atoms with Gasteiger partial charge in [0.1, 0.15) is 0 Å². The molecule has 0 aromatic rings. The maximum atomic E-state index is 6.16. The van der Waals surface area contributed by atoms with Gasteiger partial charge in [-0.15, -0.1) is 0 Å². The average Bonchev–Trinajstić information content (AvgIpc) is 3.23. The molecule has 9 nitrogen and oxygen atoms in total. The monoisotopic (exact) mass is 827 g/mol. The van der Waals surface area contributed by atoms with Gasteiger partial charge in [0, 0.05) is 45.4 Å². The lowest BCUT2D eigenvalue weighted by atomic mass is 9.98. The fourth-order valence-corrected chi connectivity index (χ4v) is 8.36. The standard InChI is InChI=1S/C49H98N2O7/c1-2-4-6-8-10-12-14-16-18-20-22-24-26-30-49(29-25-23-21-19-17-15-13-11-9-7-5-3-1)51-33-39-56-45-42-53-36-28-27-35-52-41-43-54-37-31-50-32-38-55-44-47-58-48-46-57-40-34-51/h49-50H,1-48H2. The first kappa shape index (κ1) is 53.8. The van der Waals surface area contributed by atoms with Crippen LogP contribution in [-0.4, -0.2) is 130 Å².